The molecule has 5 heteroatoms. The molecular weight excluding hydrogens is 386 g/mol. The third-order valence-electron chi connectivity index (χ3n) is 5.31. The zero-order chi connectivity index (χ0) is 23.1. The predicted octanol–water partition coefficient (Wildman–Crippen LogP) is 5.48. The van der Waals surface area contributed by atoms with Gasteiger partial charge in [0.1, 0.15) is 0 Å². The molecule has 168 valence electrons. The van der Waals surface area contributed by atoms with E-state index < -0.39 is 0 Å². The first-order chi connectivity index (χ1) is 14.6. The lowest BCUT2D eigenvalue weighted by atomic mass is 10.0. The van der Waals surface area contributed by atoms with Crippen LogP contribution in [0.2, 0.25) is 0 Å². The van der Waals surface area contributed by atoms with E-state index in [4.69, 9.17) is 0 Å². The molecule has 0 aliphatic carbocycles. The lowest BCUT2D eigenvalue weighted by Crippen LogP contribution is -2.36. The minimum atomic E-state index is -0.108. The van der Waals surface area contributed by atoms with Gasteiger partial charge in [0.05, 0.1) is 6.04 Å². The van der Waals surface area contributed by atoms with E-state index in [1.54, 1.807) is 0 Å². The van der Waals surface area contributed by atoms with Crippen molar-refractivity contribution in [2.45, 2.75) is 53.6 Å². The maximum Gasteiger partial charge on any atom is 0.225 e. The molecule has 0 aliphatic rings. The van der Waals surface area contributed by atoms with Gasteiger partial charge in [0, 0.05) is 44.4 Å². The highest BCUT2D eigenvalue weighted by Crippen LogP contribution is 2.30. The van der Waals surface area contributed by atoms with E-state index in [2.05, 4.69) is 24.4 Å². The van der Waals surface area contributed by atoms with Crippen molar-refractivity contribution in [3.63, 3.8) is 0 Å². The Morgan fingerprint density at radius 2 is 1.58 bits per heavy atom. The van der Waals surface area contributed by atoms with Gasteiger partial charge in [-0.2, -0.15) is 0 Å². The number of nitrogens with one attached hydrogen (secondary N) is 1. The molecular formula is C26H37N3O2. The molecule has 0 aromatic heterocycles. The van der Waals surface area contributed by atoms with Crippen LogP contribution in [0.15, 0.2) is 48.5 Å². The number of nitrogens with zero attached hydrogens (tertiary/aromatic N) is 2. The SMILES string of the molecule is CC(C)CC(=O)Nc1ccc(N(C)C)c(CN(C(=O)C(C)C)C(C)c2ccccc2)c1. The maximum atomic E-state index is 13.2. The van der Waals surface area contributed by atoms with Crippen LogP contribution < -0.4 is 10.2 Å². The molecule has 0 spiro atoms. The topological polar surface area (TPSA) is 52.7 Å². The lowest BCUT2D eigenvalue weighted by Gasteiger charge is -2.33. The monoisotopic (exact) mass is 423 g/mol. The van der Waals surface area contributed by atoms with Crippen LogP contribution in [0.1, 0.15) is 58.2 Å². The normalized spacial score (nSPS) is 12.0. The first-order valence-electron chi connectivity index (χ1n) is 11.1. The summed E-state index contributed by atoms with van der Waals surface area (Å²) in [5.41, 5.74) is 3.90. The summed E-state index contributed by atoms with van der Waals surface area (Å²) in [6.07, 6.45) is 0.480. The van der Waals surface area contributed by atoms with Gasteiger partial charge in [-0.25, -0.2) is 0 Å². The standard InChI is InChI=1S/C26H37N3O2/c1-18(2)15-25(30)27-23-13-14-24(28(6)7)22(16-23)17-29(26(31)19(3)4)20(5)21-11-9-8-10-12-21/h8-14,16,18-20H,15,17H2,1-7H3,(H,27,30). The number of rotatable bonds is 9. The van der Waals surface area contributed by atoms with Crippen LogP contribution in [0.3, 0.4) is 0 Å². The fourth-order valence-electron chi connectivity index (χ4n) is 3.64. The summed E-state index contributed by atoms with van der Waals surface area (Å²) < 4.78 is 0. The lowest BCUT2D eigenvalue weighted by molar-refractivity contribution is -0.137. The Labute approximate surface area is 187 Å². The number of benzene rings is 2. The van der Waals surface area contributed by atoms with Crippen molar-refractivity contribution in [3.05, 3.63) is 59.7 Å². The Bertz CT molecular complexity index is 875. The first kappa shape index (κ1) is 24.4. The van der Waals surface area contributed by atoms with Crippen molar-refractivity contribution in [2.24, 2.45) is 11.8 Å². The fraction of sp³-hybridized carbons (Fsp3) is 0.462. The van der Waals surface area contributed by atoms with Gasteiger partial charge >= 0.3 is 0 Å². The van der Waals surface area contributed by atoms with Crippen molar-refractivity contribution in [1.82, 2.24) is 4.90 Å². The molecule has 31 heavy (non-hydrogen) atoms. The highest BCUT2D eigenvalue weighted by molar-refractivity contribution is 5.91. The van der Waals surface area contributed by atoms with Crippen molar-refractivity contribution in [2.75, 3.05) is 24.3 Å². The summed E-state index contributed by atoms with van der Waals surface area (Å²) in [4.78, 5) is 29.4. The van der Waals surface area contributed by atoms with Crippen molar-refractivity contribution >= 4 is 23.2 Å². The van der Waals surface area contributed by atoms with Gasteiger partial charge in [0.25, 0.3) is 0 Å². The third-order valence-corrected chi connectivity index (χ3v) is 5.31. The molecule has 0 aliphatic heterocycles. The minimum Gasteiger partial charge on any atom is -0.377 e. The Hall–Kier alpha value is -2.82. The second-order valence-electron chi connectivity index (χ2n) is 9.09. The van der Waals surface area contributed by atoms with Crippen molar-refractivity contribution in [1.29, 1.82) is 0 Å². The van der Waals surface area contributed by atoms with E-state index in [1.807, 2.05) is 88.0 Å². The van der Waals surface area contributed by atoms with Crippen LogP contribution in [-0.2, 0) is 16.1 Å². The number of amides is 2. The van der Waals surface area contributed by atoms with Crippen LogP contribution in [-0.4, -0.2) is 30.8 Å². The Balaban J connectivity index is 2.40. The minimum absolute atomic E-state index is 0.00585. The number of hydrogen-bond donors (Lipinski definition) is 1. The van der Waals surface area contributed by atoms with Gasteiger partial charge in [-0.3, -0.25) is 9.59 Å². The van der Waals surface area contributed by atoms with E-state index in [9.17, 15) is 9.59 Å². The second kappa shape index (κ2) is 11.0. The summed E-state index contributed by atoms with van der Waals surface area (Å²) in [6.45, 7) is 10.5. The molecule has 0 heterocycles. The zero-order valence-corrected chi connectivity index (χ0v) is 20.0. The quantitative estimate of drug-likeness (QED) is 0.581. The second-order valence-corrected chi connectivity index (χ2v) is 9.09. The molecule has 0 bridgehead atoms. The number of carbonyl (C=O) groups excluding carboxylic acids is 2. The van der Waals surface area contributed by atoms with E-state index in [0.29, 0.717) is 18.9 Å². The van der Waals surface area contributed by atoms with E-state index in [0.717, 1.165) is 22.5 Å². The Kier molecular flexibility index (Phi) is 8.66. The van der Waals surface area contributed by atoms with Gasteiger partial charge in [0.15, 0.2) is 0 Å². The maximum absolute atomic E-state index is 13.2. The molecule has 1 unspecified atom stereocenters. The third kappa shape index (κ3) is 6.84. The summed E-state index contributed by atoms with van der Waals surface area (Å²) in [6, 6.07) is 16.0. The molecule has 0 fully saturated rings. The smallest absolute Gasteiger partial charge is 0.225 e. The van der Waals surface area contributed by atoms with E-state index in [-0.39, 0.29) is 23.8 Å². The molecule has 1 atom stereocenters. The molecule has 2 amide bonds. The zero-order valence-electron chi connectivity index (χ0n) is 20.0. The predicted molar refractivity (Wildman–Crippen MR) is 129 cm³/mol. The molecule has 1 N–H and O–H groups in total. The Morgan fingerprint density at radius 1 is 0.935 bits per heavy atom. The summed E-state index contributed by atoms with van der Waals surface area (Å²) >= 11 is 0. The van der Waals surface area contributed by atoms with Crippen LogP contribution in [0.25, 0.3) is 0 Å². The van der Waals surface area contributed by atoms with Gasteiger partial charge in [-0.15, -0.1) is 0 Å². The molecule has 5 nitrogen and oxygen atoms in total. The summed E-state index contributed by atoms with van der Waals surface area (Å²) in [5, 5.41) is 3.01. The molecule has 2 rings (SSSR count). The molecule has 0 radical (unpaired) electrons. The van der Waals surface area contributed by atoms with E-state index in [1.165, 1.54) is 0 Å². The number of anilines is 2. The number of hydrogen-bond acceptors (Lipinski definition) is 3. The first-order valence-corrected chi connectivity index (χ1v) is 11.1. The number of carbonyl (C=O) groups is 2. The van der Waals surface area contributed by atoms with Gasteiger partial charge in [-0.1, -0.05) is 58.0 Å². The van der Waals surface area contributed by atoms with Crippen LogP contribution in [0.5, 0.6) is 0 Å². The largest absolute Gasteiger partial charge is 0.377 e. The van der Waals surface area contributed by atoms with Gasteiger partial charge in [0.2, 0.25) is 11.8 Å². The Morgan fingerprint density at radius 3 is 2.13 bits per heavy atom. The molecule has 2 aromatic rings. The van der Waals surface area contributed by atoms with Crippen LogP contribution in [0, 0.1) is 11.8 Å². The molecule has 2 aromatic carbocycles. The average Bonchev–Trinajstić information content (AvgIpc) is 2.70. The fourth-order valence-corrected chi connectivity index (χ4v) is 3.64. The highest BCUT2D eigenvalue weighted by Gasteiger charge is 2.25. The van der Waals surface area contributed by atoms with Crippen LogP contribution in [0.4, 0.5) is 11.4 Å². The molecule has 0 saturated carbocycles. The summed E-state index contributed by atoms with van der Waals surface area (Å²) in [7, 11) is 3.98. The van der Waals surface area contributed by atoms with Gasteiger partial charge < -0.3 is 15.1 Å². The summed E-state index contributed by atoms with van der Waals surface area (Å²) in [5.74, 6) is 0.302. The molecule has 0 saturated heterocycles. The highest BCUT2D eigenvalue weighted by atomic mass is 16.2. The van der Waals surface area contributed by atoms with Crippen molar-refractivity contribution < 1.29 is 9.59 Å². The van der Waals surface area contributed by atoms with E-state index >= 15 is 0 Å². The van der Waals surface area contributed by atoms with Crippen LogP contribution >= 0.6 is 0 Å². The van der Waals surface area contributed by atoms with Crippen molar-refractivity contribution in [3.8, 4) is 0 Å². The van der Waals surface area contributed by atoms with Gasteiger partial charge in [-0.05, 0) is 42.2 Å². The average molecular weight is 424 g/mol.